The number of amides is 1. The van der Waals surface area contributed by atoms with Crippen LogP contribution >= 0.6 is 0 Å². The number of hydrogen-bond donors (Lipinski definition) is 1. The molecule has 1 fully saturated rings. The van der Waals surface area contributed by atoms with Crippen molar-refractivity contribution < 1.29 is 4.79 Å². The van der Waals surface area contributed by atoms with Crippen molar-refractivity contribution in [1.82, 2.24) is 20.0 Å². The molecule has 0 spiro atoms. The van der Waals surface area contributed by atoms with Crippen LogP contribution in [0.25, 0.3) is 0 Å². The molecule has 1 aliphatic rings. The van der Waals surface area contributed by atoms with Crippen molar-refractivity contribution in [2.24, 2.45) is 5.73 Å². The number of nitrogens with zero attached hydrogens (tertiary/aromatic N) is 4. The molecule has 1 aromatic rings. The molecule has 0 aliphatic carbocycles. The van der Waals surface area contributed by atoms with Gasteiger partial charge in [-0.2, -0.15) is 10.2 Å². The molecule has 0 unspecified atom stereocenters. The molecule has 2 rings (SSSR count). The van der Waals surface area contributed by atoms with Crippen LogP contribution in [-0.4, -0.2) is 64.2 Å². The van der Waals surface area contributed by atoms with Crippen LogP contribution in [0.2, 0.25) is 0 Å². The molecule has 6 nitrogen and oxygen atoms in total. The van der Waals surface area contributed by atoms with E-state index in [1.54, 1.807) is 12.3 Å². The van der Waals surface area contributed by atoms with Gasteiger partial charge in [0, 0.05) is 38.3 Å². The second-order valence-corrected chi connectivity index (χ2v) is 5.43. The quantitative estimate of drug-likeness (QED) is 0.829. The van der Waals surface area contributed by atoms with Gasteiger partial charge in [-0.25, -0.2) is 0 Å². The fraction of sp³-hybridized carbons (Fsp3) is 0.615. The maximum atomic E-state index is 12.2. The zero-order valence-electron chi connectivity index (χ0n) is 11.5. The molecule has 0 bridgehead atoms. The Hall–Kier alpha value is -1.53. The number of aromatic nitrogens is 2. The highest BCUT2D eigenvalue weighted by atomic mass is 16.2. The average Bonchev–Trinajstić information content (AvgIpc) is 2.47. The van der Waals surface area contributed by atoms with E-state index in [0.29, 0.717) is 12.1 Å². The van der Waals surface area contributed by atoms with Gasteiger partial charge in [0.25, 0.3) is 5.91 Å². The first-order chi connectivity index (χ1) is 9.04. The predicted octanol–water partition coefficient (Wildman–Crippen LogP) is -0.0283. The van der Waals surface area contributed by atoms with Crippen molar-refractivity contribution in [3.8, 4) is 0 Å². The lowest BCUT2D eigenvalue weighted by atomic mass is 10.0. The summed E-state index contributed by atoms with van der Waals surface area (Å²) in [6.45, 7) is 8.06. The Balaban J connectivity index is 1.95. The Bertz CT molecular complexity index is 426. The molecular formula is C13H21N5O. The van der Waals surface area contributed by atoms with E-state index in [1.807, 2.05) is 4.90 Å². The van der Waals surface area contributed by atoms with Crippen molar-refractivity contribution in [3.63, 3.8) is 0 Å². The molecule has 0 atom stereocenters. The minimum absolute atomic E-state index is 0.00659. The molecule has 2 N–H and O–H groups in total. The van der Waals surface area contributed by atoms with Gasteiger partial charge in [-0.05, 0) is 19.9 Å². The van der Waals surface area contributed by atoms with Crippen molar-refractivity contribution in [1.29, 1.82) is 0 Å². The molecule has 0 radical (unpaired) electrons. The molecule has 1 amide bonds. The number of carbonyl (C=O) groups excluding carboxylic acids is 1. The zero-order valence-corrected chi connectivity index (χ0v) is 11.5. The largest absolute Gasteiger partial charge is 0.336 e. The summed E-state index contributed by atoms with van der Waals surface area (Å²) in [6, 6.07) is 1.70. The smallest absolute Gasteiger partial charge is 0.255 e. The first-order valence-electron chi connectivity index (χ1n) is 6.56. The van der Waals surface area contributed by atoms with Crippen LogP contribution in [0.3, 0.4) is 0 Å². The third kappa shape index (κ3) is 3.08. The first-order valence-corrected chi connectivity index (χ1v) is 6.56. The van der Waals surface area contributed by atoms with Gasteiger partial charge >= 0.3 is 0 Å². The third-order valence-corrected chi connectivity index (χ3v) is 3.75. The molecule has 19 heavy (non-hydrogen) atoms. The minimum atomic E-state index is -0.00659. The van der Waals surface area contributed by atoms with Gasteiger partial charge in [-0.3, -0.25) is 9.69 Å². The number of hydrogen-bond acceptors (Lipinski definition) is 5. The topological polar surface area (TPSA) is 75.3 Å². The minimum Gasteiger partial charge on any atom is -0.336 e. The van der Waals surface area contributed by atoms with Gasteiger partial charge in [0.2, 0.25) is 0 Å². The highest BCUT2D eigenvalue weighted by Gasteiger charge is 2.30. The summed E-state index contributed by atoms with van der Waals surface area (Å²) in [7, 11) is 0. The zero-order chi connectivity index (χ0) is 13.9. The summed E-state index contributed by atoms with van der Waals surface area (Å²) in [6.07, 6.45) is 3.06. The van der Waals surface area contributed by atoms with Crippen LogP contribution < -0.4 is 5.73 Å². The number of rotatable bonds is 3. The normalized spacial score (nSPS) is 17.5. The fourth-order valence-corrected chi connectivity index (χ4v) is 2.24. The summed E-state index contributed by atoms with van der Waals surface area (Å²) in [5, 5.41) is 7.43. The second-order valence-electron chi connectivity index (χ2n) is 5.43. The average molecular weight is 263 g/mol. The Labute approximate surface area is 113 Å². The number of carbonyl (C=O) groups is 1. The lowest BCUT2D eigenvalue weighted by Crippen LogP contribution is -2.58. The Morgan fingerprint density at radius 2 is 2.00 bits per heavy atom. The summed E-state index contributed by atoms with van der Waals surface area (Å²) >= 11 is 0. The van der Waals surface area contributed by atoms with E-state index in [-0.39, 0.29) is 11.4 Å². The van der Waals surface area contributed by atoms with Crippen molar-refractivity contribution in [3.05, 3.63) is 24.0 Å². The maximum Gasteiger partial charge on any atom is 0.255 e. The second kappa shape index (κ2) is 5.63. The summed E-state index contributed by atoms with van der Waals surface area (Å²) in [5.74, 6) is 0.0279. The van der Waals surface area contributed by atoms with Crippen molar-refractivity contribution >= 4 is 5.91 Å². The van der Waals surface area contributed by atoms with E-state index in [2.05, 4.69) is 28.9 Å². The first kappa shape index (κ1) is 13.9. The van der Waals surface area contributed by atoms with E-state index in [1.165, 1.54) is 6.20 Å². The van der Waals surface area contributed by atoms with Gasteiger partial charge in [0.15, 0.2) is 0 Å². The molecule has 1 aliphatic heterocycles. The highest BCUT2D eigenvalue weighted by molar-refractivity contribution is 5.93. The molecule has 6 heteroatoms. The van der Waals surface area contributed by atoms with Crippen LogP contribution in [0.4, 0.5) is 0 Å². The third-order valence-electron chi connectivity index (χ3n) is 3.75. The number of piperazine rings is 1. The predicted molar refractivity (Wildman–Crippen MR) is 72.6 cm³/mol. The Kier molecular flexibility index (Phi) is 4.11. The van der Waals surface area contributed by atoms with Gasteiger partial charge in [-0.1, -0.05) is 0 Å². The van der Waals surface area contributed by atoms with E-state index >= 15 is 0 Å². The van der Waals surface area contributed by atoms with E-state index in [0.717, 1.165) is 26.2 Å². The monoisotopic (exact) mass is 263 g/mol. The van der Waals surface area contributed by atoms with Crippen molar-refractivity contribution in [2.45, 2.75) is 19.4 Å². The summed E-state index contributed by atoms with van der Waals surface area (Å²) in [5.41, 5.74) is 6.38. The van der Waals surface area contributed by atoms with Crippen LogP contribution in [0, 0.1) is 0 Å². The molecule has 2 heterocycles. The summed E-state index contributed by atoms with van der Waals surface area (Å²) < 4.78 is 0. The highest BCUT2D eigenvalue weighted by Crippen LogP contribution is 2.16. The molecule has 1 saturated heterocycles. The van der Waals surface area contributed by atoms with Gasteiger partial charge in [0.05, 0.1) is 18.0 Å². The molecule has 0 saturated carbocycles. The van der Waals surface area contributed by atoms with Crippen LogP contribution in [-0.2, 0) is 0 Å². The van der Waals surface area contributed by atoms with E-state index in [9.17, 15) is 4.79 Å². The van der Waals surface area contributed by atoms with Gasteiger partial charge in [-0.15, -0.1) is 0 Å². The Morgan fingerprint density at radius 3 is 2.53 bits per heavy atom. The van der Waals surface area contributed by atoms with Gasteiger partial charge in [0.1, 0.15) is 0 Å². The SMILES string of the molecule is CC(C)(CN)N1CCN(C(=O)c2ccnnc2)CC1. The fourth-order valence-electron chi connectivity index (χ4n) is 2.24. The van der Waals surface area contributed by atoms with Crippen LogP contribution in [0.5, 0.6) is 0 Å². The lowest BCUT2D eigenvalue weighted by molar-refractivity contribution is 0.0426. The van der Waals surface area contributed by atoms with E-state index in [4.69, 9.17) is 5.73 Å². The van der Waals surface area contributed by atoms with Crippen molar-refractivity contribution in [2.75, 3.05) is 32.7 Å². The van der Waals surface area contributed by atoms with Gasteiger partial charge < -0.3 is 10.6 Å². The number of nitrogens with two attached hydrogens (primary N) is 1. The molecule has 104 valence electrons. The molecular weight excluding hydrogens is 242 g/mol. The van der Waals surface area contributed by atoms with Crippen LogP contribution in [0.1, 0.15) is 24.2 Å². The molecule has 1 aromatic heterocycles. The standard InChI is InChI=1S/C13H21N5O/c1-13(2,10-14)18-7-5-17(6-8-18)12(19)11-3-4-15-16-9-11/h3-4,9H,5-8,10,14H2,1-2H3. The summed E-state index contributed by atoms with van der Waals surface area (Å²) in [4.78, 5) is 16.4. The van der Waals surface area contributed by atoms with Crippen LogP contribution in [0.15, 0.2) is 18.5 Å². The maximum absolute atomic E-state index is 12.2. The van der Waals surface area contributed by atoms with E-state index < -0.39 is 0 Å². The molecule has 0 aromatic carbocycles. The lowest BCUT2D eigenvalue weighted by Gasteiger charge is -2.43. The Morgan fingerprint density at radius 1 is 1.32 bits per heavy atom.